The molecule has 1 N–H and O–H groups in total. The number of rotatable bonds is 1. The van der Waals surface area contributed by atoms with E-state index >= 15 is 0 Å². The van der Waals surface area contributed by atoms with Gasteiger partial charge in [0, 0.05) is 24.1 Å². The number of hydrogen-bond acceptors (Lipinski definition) is 4. The van der Waals surface area contributed by atoms with E-state index in [0.29, 0.717) is 18.6 Å². The normalized spacial score (nSPS) is 19.9. The molecule has 1 aliphatic rings. The van der Waals surface area contributed by atoms with E-state index < -0.39 is 11.2 Å². The van der Waals surface area contributed by atoms with Crippen LogP contribution >= 0.6 is 0 Å². The molecule has 0 unspecified atom stereocenters. The molecule has 5 nitrogen and oxygen atoms in total. The zero-order valence-corrected chi connectivity index (χ0v) is 8.05. The van der Waals surface area contributed by atoms with E-state index in [1.807, 2.05) is 0 Å². The van der Waals surface area contributed by atoms with Gasteiger partial charge < -0.3 is 9.84 Å². The predicted molar refractivity (Wildman–Crippen MR) is 52.7 cm³/mol. The summed E-state index contributed by atoms with van der Waals surface area (Å²) >= 11 is 0. The second kappa shape index (κ2) is 3.86. The summed E-state index contributed by atoms with van der Waals surface area (Å²) in [5.41, 5.74) is 0.856. The molecule has 80 valence electrons. The van der Waals surface area contributed by atoms with E-state index in [2.05, 4.69) is 0 Å². The van der Waals surface area contributed by atoms with Crippen molar-refractivity contribution in [3.8, 4) is 5.75 Å². The summed E-state index contributed by atoms with van der Waals surface area (Å²) in [5.74, 6) is 0.547. The Hall–Kier alpha value is -1.62. The molecule has 1 aromatic rings. The van der Waals surface area contributed by atoms with E-state index in [0.717, 1.165) is 12.0 Å². The van der Waals surface area contributed by atoms with E-state index in [-0.39, 0.29) is 5.69 Å². The molecule has 15 heavy (non-hydrogen) atoms. The topological polar surface area (TPSA) is 72.6 Å². The highest BCUT2D eigenvalue weighted by molar-refractivity contribution is 5.44. The number of aliphatic hydroxyl groups is 1. The number of aryl methyl sites for hydroxylation is 1. The van der Waals surface area contributed by atoms with Gasteiger partial charge in [0.1, 0.15) is 5.75 Å². The first-order valence-corrected chi connectivity index (χ1v) is 4.79. The monoisotopic (exact) mass is 209 g/mol. The highest BCUT2D eigenvalue weighted by Gasteiger charge is 2.17. The van der Waals surface area contributed by atoms with E-state index in [1.165, 1.54) is 12.1 Å². The third-order valence-electron chi connectivity index (χ3n) is 2.42. The molecule has 0 fully saturated rings. The maximum Gasteiger partial charge on any atom is 0.269 e. The summed E-state index contributed by atoms with van der Waals surface area (Å²) in [6.45, 7) is 0. The fraction of sp³-hybridized carbons (Fsp3) is 0.400. The zero-order chi connectivity index (χ0) is 10.8. The number of aliphatic hydroxyl groups excluding tert-OH is 1. The molecule has 0 aliphatic carbocycles. The van der Waals surface area contributed by atoms with Crippen molar-refractivity contribution in [2.45, 2.75) is 25.6 Å². The van der Waals surface area contributed by atoms with Crippen molar-refractivity contribution < 1.29 is 14.8 Å². The second-order valence-corrected chi connectivity index (χ2v) is 3.51. The SMILES string of the molecule is O=[N+]([O-])c1ccc2c(c1)CCC[C@@H](O)O2. The number of nitro benzene ring substituents is 1. The molecule has 0 radical (unpaired) electrons. The average molecular weight is 209 g/mol. The third-order valence-corrected chi connectivity index (χ3v) is 2.42. The first-order valence-electron chi connectivity index (χ1n) is 4.79. The second-order valence-electron chi connectivity index (χ2n) is 3.51. The van der Waals surface area contributed by atoms with Crippen LogP contribution < -0.4 is 4.74 Å². The molecule has 0 amide bonds. The maximum atomic E-state index is 10.6. The van der Waals surface area contributed by atoms with E-state index in [1.54, 1.807) is 6.07 Å². The Morgan fingerprint density at radius 2 is 2.33 bits per heavy atom. The highest BCUT2D eigenvalue weighted by Crippen LogP contribution is 2.29. The Morgan fingerprint density at radius 1 is 1.53 bits per heavy atom. The van der Waals surface area contributed by atoms with Crippen molar-refractivity contribution in [2.24, 2.45) is 0 Å². The Labute approximate surface area is 86.4 Å². The van der Waals surface area contributed by atoms with Gasteiger partial charge in [-0.2, -0.15) is 0 Å². The fourth-order valence-electron chi connectivity index (χ4n) is 1.66. The van der Waals surface area contributed by atoms with E-state index in [9.17, 15) is 15.2 Å². The Kier molecular flexibility index (Phi) is 2.55. The number of benzene rings is 1. The average Bonchev–Trinajstić information content (AvgIpc) is 2.37. The lowest BCUT2D eigenvalue weighted by molar-refractivity contribution is -0.384. The van der Waals surface area contributed by atoms with Crippen molar-refractivity contribution in [1.82, 2.24) is 0 Å². The van der Waals surface area contributed by atoms with Crippen molar-refractivity contribution in [3.63, 3.8) is 0 Å². The summed E-state index contributed by atoms with van der Waals surface area (Å²) in [6.07, 6.45) is 1.24. The molecule has 1 aliphatic heterocycles. The summed E-state index contributed by atoms with van der Waals surface area (Å²) < 4.78 is 5.22. The van der Waals surface area contributed by atoms with Gasteiger partial charge in [-0.15, -0.1) is 0 Å². The number of ether oxygens (including phenoxy) is 1. The van der Waals surface area contributed by atoms with Crippen molar-refractivity contribution in [3.05, 3.63) is 33.9 Å². The lowest BCUT2D eigenvalue weighted by atomic mass is 10.1. The minimum atomic E-state index is -0.798. The number of nitro groups is 1. The van der Waals surface area contributed by atoms with Crippen LogP contribution in [-0.4, -0.2) is 16.3 Å². The first kappa shape index (κ1) is 9.92. The lowest BCUT2D eigenvalue weighted by Gasteiger charge is -2.10. The molecule has 1 atom stereocenters. The van der Waals surface area contributed by atoms with Gasteiger partial charge in [-0.05, 0) is 18.9 Å². The molecule has 5 heteroatoms. The standard InChI is InChI=1S/C10H11NO4/c12-10-3-1-2-7-6-8(11(13)14)4-5-9(7)15-10/h4-6,10,12H,1-3H2/t10-/m0/s1. The number of non-ortho nitro benzene ring substituents is 1. The third kappa shape index (κ3) is 2.07. The Balaban J connectivity index is 2.35. The Morgan fingerprint density at radius 3 is 3.07 bits per heavy atom. The van der Waals surface area contributed by atoms with Crippen molar-refractivity contribution >= 4 is 5.69 Å². The van der Waals surface area contributed by atoms with Crippen LogP contribution in [0.25, 0.3) is 0 Å². The number of nitrogens with zero attached hydrogens (tertiary/aromatic N) is 1. The molecule has 0 saturated heterocycles. The first-order chi connectivity index (χ1) is 7.16. The van der Waals surface area contributed by atoms with Crippen molar-refractivity contribution in [2.75, 3.05) is 0 Å². The molecule has 0 saturated carbocycles. The molecular weight excluding hydrogens is 198 g/mol. The molecule has 2 rings (SSSR count). The minimum absolute atomic E-state index is 0.0636. The number of hydrogen-bond donors (Lipinski definition) is 1. The van der Waals surface area contributed by atoms with Gasteiger partial charge in [0.15, 0.2) is 6.29 Å². The van der Waals surface area contributed by atoms with Crippen LogP contribution in [0.3, 0.4) is 0 Å². The van der Waals surface area contributed by atoms with Gasteiger partial charge in [-0.1, -0.05) is 0 Å². The summed E-state index contributed by atoms with van der Waals surface area (Å²) in [4.78, 5) is 10.1. The fourth-order valence-corrected chi connectivity index (χ4v) is 1.66. The van der Waals surface area contributed by atoms with Crippen LogP contribution in [0.1, 0.15) is 18.4 Å². The van der Waals surface area contributed by atoms with Crippen LogP contribution in [0.4, 0.5) is 5.69 Å². The summed E-state index contributed by atoms with van der Waals surface area (Å²) in [5, 5.41) is 19.9. The molecule has 0 spiro atoms. The number of fused-ring (bicyclic) bond motifs is 1. The zero-order valence-electron chi connectivity index (χ0n) is 8.05. The van der Waals surface area contributed by atoms with Gasteiger partial charge >= 0.3 is 0 Å². The van der Waals surface area contributed by atoms with Crippen LogP contribution in [0.2, 0.25) is 0 Å². The van der Waals surface area contributed by atoms with Gasteiger partial charge in [0.05, 0.1) is 4.92 Å². The smallest absolute Gasteiger partial charge is 0.269 e. The Bertz CT molecular complexity index is 391. The van der Waals surface area contributed by atoms with E-state index in [4.69, 9.17) is 4.74 Å². The molecule has 0 aromatic heterocycles. The molecule has 1 aromatic carbocycles. The molecule has 0 bridgehead atoms. The van der Waals surface area contributed by atoms with Crippen LogP contribution in [-0.2, 0) is 6.42 Å². The lowest BCUT2D eigenvalue weighted by Crippen LogP contribution is -2.13. The predicted octanol–water partition coefficient (Wildman–Crippen LogP) is 1.63. The van der Waals surface area contributed by atoms with Gasteiger partial charge in [-0.25, -0.2) is 0 Å². The van der Waals surface area contributed by atoms with Gasteiger partial charge in [0.2, 0.25) is 0 Å². The summed E-state index contributed by atoms with van der Waals surface area (Å²) in [6, 6.07) is 4.44. The maximum absolute atomic E-state index is 10.6. The largest absolute Gasteiger partial charge is 0.465 e. The van der Waals surface area contributed by atoms with Gasteiger partial charge in [0.25, 0.3) is 5.69 Å². The summed E-state index contributed by atoms with van der Waals surface area (Å²) in [7, 11) is 0. The highest BCUT2D eigenvalue weighted by atomic mass is 16.6. The molecular formula is C10H11NO4. The van der Waals surface area contributed by atoms with Crippen LogP contribution in [0.15, 0.2) is 18.2 Å². The molecule has 1 heterocycles. The minimum Gasteiger partial charge on any atom is -0.465 e. The quantitative estimate of drug-likeness (QED) is 0.563. The van der Waals surface area contributed by atoms with Crippen molar-refractivity contribution in [1.29, 1.82) is 0 Å². The van der Waals surface area contributed by atoms with Gasteiger partial charge in [-0.3, -0.25) is 10.1 Å². The van der Waals surface area contributed by atoms with Crippen LogP contribution in [0, 0.1) is 10.1 Å². The van der Waals surface area contributed by atoms with Crippen LogP contribution in [0.5, 0.6) is 5.75 Å².